The van der Waals surface area contributed by atoms with Gasteiger partial charge < -0.3 is 0 Å². The van der Waals surface area contributed by atoms with Gasteiger partial charge in [0, 0.05) is 0 Å². The molecule has 0 aromatic carbocycles. The number of hydrogen-bond donors (Lipinski definition) is 0. The molecule has 0 radical (unpaired) electrons. The van der Waals surface area contributed by atoms with Gasteiger partial charge in [-0.1, -0.05) is 0 Å². The summed E-state index contributed by atoms with van der Waals surface area (Å²) < 4.78 is 215. The van der Waals surface area contributed by atoms with Crippen LogP contribution in [0.5, 0.6) is 0 Å². The van der Waals surface area contributed by atoms with Gasteiger partial charge in [0.15, 0.2) is 0 Å². The molecule has 0 aliphatic rings. The molecule has 0 aliphatic heterocycles. The Morgan fingerprint density at radius 2 is 0.214 bits per heavy atom. The first-order chi connectivity index (χ1) is 12.0. The molecule has 0 fully saturated rings. The molecule has 0 amide bonds. The first-order valence-corrected chi connectivity index (χ1v) is 28.8. The summed E-state index contributed by atoms with van der Waals surface area (Å²) >= 11 is -38.1. The van der Waals surface area contributed by atoms with Crippen molar-refractivity contribution in [2.45, 2.75) is 0 Å². The van der Waals surface area contributed by atoms with E-state index in [-0.39, 0.29) is 617 Å². The van der Waals surface area contributed by atoms with Crippen LogP contribution in [0.1, 0.15) is 0 Å². The molecule has 0 aromatic rings. The predicted octanol–water partition coefficient (Wildman–Crippen LogP) is -50.7. The zero-order valence-corrected chi connectivity index (χ0v) is 77.1. The molecule has 0 unspecified atom stereocenters. The fourth-order valence-electron chi connectivity index (χ4n) is 0. The van der Waals surface area contributed by atoms with Crippen LogP contribution in [0.15, 0.2) is 0 Å². The van der Waals surface area contributed by atoms with Crippen LogP contribution in [0.4, 0.5) is 16.9 Å². The van der Waals surface area contributed by atoms with Gasteiger partial charge in [0.05, 0.1) is 0 Å². The van der Waals surface area contributed by atoms with Crippen LogP contribution in [-0.4, -0.2) is 121 Å². The Morgan fingerprint density at radius 3 is 0.214 bits per heavy atom. The summed E-state index contributed by atoms with van der Waals surface area (Å²) in [5, 5.41) is 0. The van der Waals surface area contributed by atoms with Gasteiger partial charge in [0.1, 0.15) is 0 Å². The Kier molecular flexibility index (Phi) is 207. The van der Waals surface area contributed by atoms with Crippen molar-refractivity contribution in [3.8, 4) is 0 Å². The normalized spacial score (nSPS) is 8.43. The average Bonchev–Trinajstić information content (AvgIpc) is 1.94. The Morgan fingerprint density at radius 1 is 0.214 bits per heavy atom. The molecule has 0 N–H and O–H groups in total. The molecular weight excluding hydrogens is 1600 g/mol. The Balaban J connectivity index is -0.00000000973. The standard InChI is InChI=1S/6FH.12K.18O.6Sb/h6*1H;;;;;;;;;;;;;;;;;;;;;;;;;;;;;;;;;;;;/q;;;;;;12*+1;;;;;;;12*-1;6*+1/p-6. The summed E-state index contributed by atoms with van der Waals surface area (Å²) in [7, 11) is 0. The molecule has 0 heterocycles. The van der Waals surface area contributed by atoms with Crippen molar-refractivity contribution in [1.82, 2.24) is 0 Å². The Bertz CT molecular complexity index is 510. The third-order valence-electron chi connectivity index (χ3n) is 0. The molecular formula is F6K12O18Sb6. The Hall–Kier alpha value is 22.4. The summed E-state index contributed by atoms with van der Waals surface area (Å²) in [6, 6.07) is 0. The van der Waals surface area contributed by atoms with Crippen molar-refractivity contribution >= 4 is 121 Å². The van der Waals surface area contributed by atoms with E-state index < -0.39 is 121 Å². The third-order valence-corrected chi connectivity index (χ3v) is 0. The van der Waals surface area contributed by atoms with E-state index in [1.165, 1.54) is 0 Å². The third kappa shape index (κ3) is 468. The molecule has 0 rings (SSSR count). The SMILES string of the molecule is [K+].[K+].[K+].[K+].[K+].[K+].[K+].[K+].[K+].[K+].[K+].[K+].[O]=[Sb]([O-])([O-])[F].[O]=[Sb]([O-])([O-])[F].[O]=[Sb]([O-])([O-])[F].[O]=[Sb]([O-])([O-])[F].[O]=[Sb]([O-])([O-])[F].[O]=[Sb]([O-])([O-])[F]. The van der Waals surface area contributed by atoms with Crippen LogP contribution in [0.2, 0.25) is 0 Å². The van der Waals surface area contributed by atoms with Crippen molar-refractivity contribution in [1.29, 1.82) is 0 Å². The van der Waals surface area contributed by atoms with Gasteiger partial charge in [0.2, 0.25) is 0 Å². The van der Waals surface area contributed by atoms with Gasteiger partial charge >= 0.3 is 814 Å². The van der Waals surface area contributed by atoms with Crippen molar-refractivity contribution in [2.24, 2.45) is 0 Å². The molecule has 0 atom stereocenters. The molecule has 42 heavy (non-hydrogen) atoms. The summed E-state index contributed by atoms with van der Waals surface area (Å²) in [6.07, 6.45) is 0. The van der Waals surface area contributed by atoms with E-state index >= 15 is 0 Å². The number of halogens is 6. The van der Waals surface area contributed by atoms with Crippen molar-refractivity contribution in [2.75, 3.05) is 0 Å². The topological polar surface area (TPSA) is 379 Å². The van der Waals surface area contributed by atoms with Gasteiger partial charge in [0.25, 0.3) is 0 Å². The van der Waals surface area contributed by atoms with Crippen LogP contribution < -0.4 is 657 Å². The maximum absolute atomic E-state index is 10.2. The summed E-state index contributed by atoms with van der Waals surface area (Å²) in [6.45, 7) is 0. The quantitative estimate of drug-likeness (QED) is 0.161. The van der Waals surface area contributed by atoms with Gasteiger partial charge in [-0.15, -0.1) is 0 Å². The van der Waals surface area contributed by atoms with Crippen molar-refractivity contribution in [3.05, 3.63) is 0 Å². The van der Waals surface area contributed by atoms with Crippen molar-refractivity contribution in [3.63, 3.8) is 0 Å². The molecule has 0 aromatic heterocycles. The van der Waals surface area contributed by atoms with E-state index in [4.69, 9.17) is 58.7 Å². The van der Waals surface area contributed by atoms with Crippen LogP contribution in [0.25, 0.3) is 0 Å². The average molecular weight is 1600 g/mol. The monoisotopic (exact) mass is 1590 g/mol. The fourth-order valence-corrected chi connectivity index (χ4v) is 0. The molecule has 0 aliphatic carbocycles. The van der Waals surface area contributed by atoms with Gasteiger partial charge in [-0.2, -0.15) is 0 Å². The summed E-state index contributed by atoms with van der Waals surface area (Å²) in [5.74, 6) is 0. The fraction of sp³-hybridized carbons (Fsp3) is 0. The molecule has 0 spiro atoms. The van der Waals surface area contributed by atoms with E-state index in [2.05, 4.69) is 0 Å². The number of hydrogen-bond acceptors (Lipinski definition) is 18. The second-order valence-electron chi connectivity index (χ2n) is 2.58. The molecule has 0 saturated heterocycles. The van der Waals surface area contributed by atoms with Gasteiger partial charge in [-0.3, -0.25) is 0 Å². The van der Waals surface area contributed by atoms with Crippen LogP contribution >= 0.6 is 0 Å². The molecule has 0 bridgehead atoms. The zero-order valence-electron chi connectivity index (χ0n) is 24.3. The number of rotatable bonds is 0. The molecule has 18 nitrogen and oxygen atoms in total. The van der Waals surface area contributed by atoms with Crippen molar-refractivity contribution < 1.29 is 692 Å². The second-order valence-corrected chi connectivity index (χ2v) is 17.3. The van der Waals surface area contributed by atoms with E-state index in [1.54, 1.807) is 0 Å². The van der Waals surface area contributed by atoms with E-state index in [9.17, 15) is 16.9 Å². The zero-order chi connectivity index (χ0) is 27.0. The minimum atomic E-state index is -6.35. The van der Waals surface area contributed by atoms with E-state index in [1.807, 2.05) is 0 Å². The molecule has 192 valence electrons. The molecule has 42 heteroatoms. The Labute approximate surface area is 780 Å². The second kappa shape index (κ2) is 72.4. The van der Waals surface area contributed by atoms with Gasteiger partial charge in [-0.25, -0.2) is 0 Å². The minimum absolute atomic E-state index is 0. The summed E-state index contributed by atoms with van der Waals surface area (Å²) in [5.41, 5.74) is 0. The van der Waals surface area contributed by atoms with Crippen LogP contribution in [0.3, 0.4) is 0 Å². The van der Waals surface area contributed by atoms with E-state index in [0.29, 0.717) is 0 Å². The first kappa shape index (κ1) is 120. The van der Waals surface area contributed by atoms with E-state index in [0.717, 1.165) is 0 Å². The predicted molar refractivity (Wildman–Crippen MR) is 45.3 cm³/mol. The maximum atomic E-state index is 10.2. The van der Waals surface area contributed by atoms with Crippen LogP contribution in [-0.2, 0) is 18.1 Å². The molecule has 0 saturated carbocycles. The first-order valence-electron chi connectivity index (χ1n) is 4.30. The van der Waals surface area contributed by atoms with Crippen LogP contribution in [0, 0.1) is 0 Å². The summed E-state index contributed by atoms with van der Waals surface area (Å²) in [4.78, 5) is 0. The van der Waals surface area contributed by atoms with Gasteiger partial charge in [-0.05, 0) is 0 Å².